The molecule has 2 rings (SSSR count). The third kappa shape index (κ3) is 4.81. The van der Waals surface area contributed by atoms with Crippen LogP contribution in [0, 0.1) is 12.7 Å². The van der Waals surface area contributed by atoms with Crippen LogP contribution in [0.15, 0.2) is 33.9 Å². The number of carbonyl (C=O) groups excluding carboxylic acids is 1. The van der Waals surface area contributed by atoms with Gasteiger partial charge in [0.05, 0.1) is 23.1 Å². The number of benzene rings is 1. The van der Waals surface area contributed by atoms with Gasteiger partial charge in [-0.1, -0.05) is 5.16 Å². The molecule has 0 amide bonds. The SMILES string of the molecule is Cc1c(Br)c(C(F)(F)F)nn1CCC(=O)O/N=C(\N)c1ccc(F)cc1. The molecule has 1 aromatic heterocycles. The largest absolute Gasteiger partial charge is 0.436 e. The van der Waals surface area contributed by atoms with Gasteiger partial charge in [0.15, 0.2) is 11.5 Å². The number of aromatic nitrogens is 2. The molecule has 0 saturated heterocycles. The number of nitrogens with zero attached hydrogens (tertiary/aromatic N) is 3. The van der Waals surface area contributed by atoms with Gasteiger partial charge in [0.25, 0.3) is 0 Å². The highest BCUT2D eigenvalue weighted by molar-refractivity contribution is 9.10. The van der Waals surface area contributed by atoms with Crippen LogP contribution >= 0.6 is 15.9 Å². The van der Waals surface area contributed by atoms with Crippen LogP contribution < -0.4 is 5.73 Å². The number of carbonyl (C=O) groups is 1. The van der Waals surface area contributed by atoms with Crippen molar-refractivity contribution in [2.24, 2.45) is 10.9 Å². The lowest BCUT2D eigenvalue weighted by Crippen LogP contribution is -2.16. The predicted octanol–water partition coefficient (Wildman–Crippen LogP) is 3.37. The summed E-state index contributed by atoms with van der Waals surface area (Å²) in [5.41, 5.74) is 5.10. The monoisotopic (exact) mass is 436 g/mol. The van der Waals surface area contributed by atoms with Gasteiger partial charge in [-0.2, -0.15) is 18.3 Å². The summed E-state index contributed by atoms with van der Waals surface area (Å²) in [6.45, 7) is 1.30. The van der Waals surface area contributed by atoms with E-state index in [1.54, 1.807) is 0 Å². The summed E-state index contributed by atoms with van der Waals surface area (Å²) < 4.78 is 52.0. The van der Waals surface area contributed by atoms with Crippen molar-refractivity contribution >= 4 is 27.7 Å². The molecule has 6 nitrogen and oxygen atoms in total. The van der Waals surface area contributed by atoms with Gasteiger partial charge in [-0.3, -0.25) is 4.68 Å². The third-order valence-electron chi connectivity index (χ3n) is 3.32. The van der Waals surface area contributed by atoms with E-state index in [0.717, 1.165) is 16.8 Å². The standard InChI is InChI=1S/C15H13BrF4N4O2/c1-8-12(16)13(15(18,19)20)22-24(8)7-6-11(25)26-23-14(21)9-2-4-10(17)5-3-9/h2-5H,6-7H2,1H3,(H2,21,23). The fraction of sp³-hybridized carbons (Fsp3) is 0.267. The van der Waals surface area contributed by atoms with Crippen molar-refractivity contribution < 1.29 is 27.2 Å². The fourth-order valence-corrected chi connectivity index (χ4v) is 2.45. The number of amidine groups is 1. The summed E-state index contributed by atoms with van der Waals surface area (Å²) in [4.78, 5) is 16.3. The molecule has 0 spiro atoms. The van der Waals surface area contributed by atoms with Crippen LogP contribution in [-0.2, 0) is 22.4 Å². The van der Waals surface area contributed by atoms with Crippen molar-refractivity contribution in [3.8, 4) is 0 Å². The molecule has 0 radical (unpaired) electrons. The molecule has 0 atom stereocenters. The maximum Gasteiger partial charge on any atom is 0.436 e. The summed E-state index contributed by atoms with van der Waals surface area (Å²) in [5, 5.41) is 6.87. The van der Waals surface area contributed by atoms with E-state index in [4.69, 9.17) is 5.73 Å². The third-order valence-corrected chi connectivity index (χ3v) is 4.26. The van der Waals surface area contributed by atoms with Crippen LogP contribution in [0.3, 0.4) is 0 Å². The molecule has 11 heteroatoms. The number of hydrogen-bond acceptors (Lipinski definition) is 4. The van der Waals surface area contributed by atoms with Crippen LogP contribution in [0.4, 0.5) is 17.6 Å². The second-order valence-electron chi connectivity index (χ2n) is 5.17. The smallest absolute Gasteiger partial charge is 0.380 e. The minimum Gasteiger partial charge on any atom is -0.380 e. The Morgan fingerprint density at radius 1 is 1.35 bits per heavy atom. The molecule has 1 aromatic carbocycles. The molecule has 26 heavy (non-hydrogen) atoms. The summed E-state index contributed by atoms with van der Waals surface area (Å²) in [6.07, 6.45) is -4.88. The van der Waals surface area contributed by atoms with Crippen molar-refractivity contribution in [3.63, 3.8) is 0 Å². The first kappa shape index (κ1) is 19.9. The van der Waals surface area contributed by atoms with E-state index < -0.39 is 23.7 Å². The first-order valence-electron chi connectivity index (χ1n) is 7.19. The highest BCUT2D eigenvalue weighted by Gasteiger charge is 2.37. The molecule has 140 valence electrons. The summed E-state index contributed by atoms with van der Waals surface area (Å²) in [5.74, 6) is -1.41. The normalized spacial score (nSPS) is 12.3. The maximum absolute atomic E-state index is 12.8. The van der Waals surface area contributed by atoms with Gasteiger partial charge in [-0.15, -0.1) is 0 Å². The average Bonchev–Trinajstić information content (AvgIpc) is 2.86. The molecule has 0 saturated carbocycles. The number of oxime groups is 1. The fourth-order valence-electron chi connectivity index (χ4n) is 1.94. The van der Waals surface area contributed by atoms with Crippen LogP contribution in [0.25, 0.3) is 0 Å². The molecule has 0 unspecified atom stereocenters. The van der Waals surface area contributed by atoms with Crippen molar-refractivity contribution in [3.05, 3.63) is 51.5 Å². The Hall–Kier alpha value is -2.43. The number of nitrogens with two attached hydrogens (primary N) is 1. The van der Waals surface area contributed by atoms with Crippen molar-refractivity contribution in [1.82, 2.24) is 9.78 Å². The number of halogens is 5. The van der Waals surface area contributed by atoms with E-state index in [-0.39, 0.29) is 29.0 Å². The molecule has 0 fully saturated rings. The molecule has 2 aromatic rings. The minimum atomic E-state index is -4.61. The molecule has 0 aliphatic carbocycles. The lowest BCUT2D eigenvalue weighted by molar-refractivity contribution is -0.144. The Morgan fingerprint density at radius 3 is 2.50 bits per heavy atom. The second-order valence-corrected chi connectivity index (χ2v) is 5.96. The number of aryl methyl sites for hydroxylation is 1. The van der Waals surface area contributed by atoms with Crippen LogP contribution in [0.1, 0.15) is 23.4 Å². The molecule has 0 aliphatic heterocycles. The quantitative estimate of drug-likeness (QED) is 0.256. The summed E-state index contributed by atoms with van der Waals surface area (Å²) in [6, 6.07) is 5.03. The van der Waals surface area contributed by atoms with Gasteiger partial charge in [0, 0.05) is 5.56 Å². The first-order chi connectivity index (χ1) is 12.1. The average molecular weight is 437 g/mol. The highest BCUT2D eigenvalue weighted by Crippen LogP contribution is 2.35. The Kier molecular flexibility index (Phi) is 6.01. The zero-order valence-corrected chi connectivity index (χ0v) is 14.9. The second kappa shape index (κ2) is 7.85. The van der Waals surface area contributed by atoms with E-state index in [1.807, 2.05) is 0 Å². The number of alkyl halides is 3. The van der Waals surface area contributed by atoms with Crippen LogP contribution in [0.5, 0.6) is 0 Å². The van der Waals surface area contributed by atoms with Gasteiger partial charge >= 0.3 is 12.1 Å². The molecular formula is C15H13BrF4N4O2. The van der Waals surface area contributed by atoms with Gasteiger partial charge in [-0.25, -0.2) is 9.18 Å². The topological polar surface area (TPSA) is 82.5 Å². The first-order valence-corrected chi connectivity index (χ1v) is 7.98. The summed E-state index contributed by atoms with van der Waals surface area (Å²) in [7, 11) is 0. The van der Waals surface area contributed by atoms with E-state index in [0.29, 0.717) is 5.56 Å². The lowest BCUT2D eigenvalue weighted by atomic mass is 10.2. The van der Waals surface area contributed by atoms with Crippen molar-refractivity contribution in [2.75, 3.05) is 0 Å². The zero-order valence-electron chi connectivity index (χ0n) is 13.3. The Bertz CT molecular complexity index is 831. The van der Waals surface area contributed by atoms with Gasteiger partial charge < -0.3 is 10.6 Å². The Morgan fingerprint density at radius 2 is 1.96 bits per heavy atom. The molecule has 0 bridgehead atoms. The predicted molar refractivity (Wildman–Crippen MR) is 87.5 cm³/mol. The van der Waals surface area contributed by atoms with E-state index in [2.05, 4.69) is 31.0 Å². The number of rotatable bonds is 5. The molecule has 1 heterocycles. The van der Waals surface area contributed by atoms with Crippen molar-refractivity contribution in [1.29, 1.82) is 0 Å². The van der Waals surface area contributed by atoms with Gasteiger partial charge in [-0.05, 0) is 47.1 Å². The van der Waals surface area contributed by atoms with Gasteiger partial charge in [0.2, 0.25) is 0 Å². The minimum absolute atomic E-state index is 0.134. The van der Waals surface area contributed by atoms with Crippen LogP contribution in [-0.4, -0.2) is 21.6 Å². The molecule has 2 N–H and O–H groups in total. The van der Waals surface area contributed by atoms with E-state index in [1.165, 1.54) is 19.1 Å². The zero-order chi connectivity index (χ0) is 19.5. The number of hydrogen-bond donors (Lipinski definition) is 1. The van der Waals surface area contributed by atoms with Crippen molar-refractivity contribution in [2.45, 2.75) is 26.1 Å². The lowest BCUT2D eigenvalue weighted by Gasteiger charge is -2.04. The maximum atomic E-state index is 12.8. The van der Waals surface area contributed by atoms with Gasteiger partial charge in [0.1, 0.15) is 5.82 Å². The van der Waals surface area contributed by atoms with Crippen LogP contribution in [0.2, 0.25) is 0 Å². The highest BCUT2D eigenvalue weighted by atomic mass is 79.9. The van der Waals surface area contributed by atoms with E-state index in [9.17, 15) is 22.4 Å². The Balaban J connectivity index is 1.97. The molecule has 0 aliphatic rings. The van der Waals surface area contributed by atoms with E-state index >= 15 is 0 Å². The Labute approximate surface area is 153 Å². The summed E-state index contributed by atoms with van der Waals surface area (Å²) >= 11 is 2.84. The molecular weight excluding hydrogens is 424 g/mol.